The van der Waals surface area contributed by atoms with Gasteiger partial charge in [0, 0.05) is 29.1 Å². The molecule has 0 spiro atoms. The number of benzene rings is 1. The molecule has 0 saturated heterocycles. The first kappa shape index (κ1) is 10.9. The van der Waals surface area contributed by atoms with Crippen molar-refractivity contribution in [1.82, 2.24) is 10.3 Å². The molecule has 1 aromatic carbocycles. The van der Waals surface area contributed by atoms with Gasteiger partial charge in [-0.2, -0.15) is 0 Å². The van der Waals surface area contributed by atoms with Gasteiger partial charge in [-0.05, 0) is 47.0 Å². The van der Waals surface area contributed by atoms with Crippen LogP contribution >= 0.6 is 15.9 Å². The molecular formula is C14H15BrN2. The van der Waals surface area contributed by atoms with Crippen LogP contribution in [0.2, 0.25) is 0 Å². The van der Waals surface area contributed by atoms with Gasteiger partial charge in [-0.3, -0.25) is 0 Å². The topological polar surface area (TPSA) is 27.8 Å². The van der Waals surface area contributed by atoms with Gasteiger partial charge in [0.15, 0.2) is 0 Å². The average Bonchev–Trinajstić information content (AvgIpc) is 2.71. The Balaban J connectivity index is 2.06. The van der Waals surface area contributed by atoms with Crippen molar-refractivity contribution in [1.29, 1.82) is 0 Å². The molecule has 1 aromatic heterocycles. The fourth-order valence-electron chi connectivity index (χ4n) is 2.59. The predicted molar refractivity (Wildman–Crippen MR) is 75.3 cm³/mol. The second kappa shape index (κ2) is 4.22. The molecule has 2 nitrogen and oxygen atoms in total. The van der Waals surface area contributed by atoms with Crippen LogP contribution in [0.25, 0.3) is 10.9 Å². The monoisotopic (exact) mass is 290 g/mol. The van der Waals surface area contributed by atoms with Gasteiger partial charge in [0.05, 0.1) is 4.61 Å². The molecule has 0 bridgehead atoms. The summed E-state index contributed by atoms with van der Waals surface area (Å²) in [7, 11) is 0. The number of para-hydroxylation sites is 1. The van der Waals surface area contributed by atoms with Crippen LogP contribution in [0.5, 0.6) is 0 Å². The lowest BCUT2D eigenvalue weighted by Gasteiger charge is -2.25. The van der Waals surface area contributed by atoms with E-state index in [-0.39, 0.29) is 0 Å². The number of aromatic amines is 1. The van der Waals surface area contributed by atoms with Gasteiger partial charge in [0.1, 0.15) is 0 Å². The fraction of sp³-hybridized carbons (Fsp3) is 0.286. The zero-order valence-corrected chi connectivity index (χ0v) is 11.3. The molecule has 0 saturated carbocycles. The minimum atomic E-state index is 0.483. The number of nitrogens with one attached hydrogen (secondary N) is 2. The second-order valence-electron chi connectivity index (χ2n) is 4.69. The van der Waals surface area contributed by atoms with Crippen LogP contribution in [0.3, 0.4) is 0 Å². The SMILES string of the molecule is CC1CC(c2c[nH]c3ccccc23)C=C(Br)N1. The van der Waals surface area contributed by atoms with Crippen molar-refractivity contribution in [2.75, 3.05) is 0 Å². The van der Waals surface area contributed by atoms with E-state index in [2.05, 4.69) is 69.7 Å². The lowest BCUT2D eigenvalue weighted by molar-refractivity contribution is 0.525. The van der Waals surface area contributed by atoms with Gasteiger partial charge in [0.2, 0.25) is 0 Å². The van der Waals surface area contributed by atoms with E-state index in [1.54, 1.807) is 0 Å². The van der Waals surface area contributed by atoms with Crippen molar-refractivity contribution in [3.63, 3.8) is 0 Å². The molecule has 0 aliphatic carbocycles. The number of rotatable bonds is 1. The van der Waals surface area contributed by atoms with Crippen molar-refractivity contribution >= 4 is 26.8 Å². The Hall–Kier alpha value is -1.22. The molecule has 1 aliphatic rings. The van der Waals surface area contributed by atoms with E-state index >= 15 is 0 Å². The molecule has 2 N–H and O–H groups in total. The molecule has 0 amide bonds. The van der Waals surface area contributed by atoms with Crippen molar-refractivity contribution in [3.8, 4) is 0 Å². The third-order valence-electron chi connectivity index (χ3n) is 3.36. The van der Waals surface area contributed by atoms with E-state index in [4.69, 9.17) is 0 Å². The summed E-state index contributed by atoms with van der Waals surface area (Å²) in [5, 5.41) is 4.72. The van der Waals surface area contributed by atoms with Crippen molar-refractivity contribution in [3.05, 3.63) is 46.7 Å². The molecule has 3 rings (SSSR count). The fourth-order valence-corrected chi connectivity index (χ4v) is 3.30. The van der Waals surface area contributed by atoms with Crippen LogP contribution in [0.1, 0.15) is 24.8 Å². The summed E-state index contributed by atoms with van der Waals surface area (Å²) < 4.78 is 1.10. The summed E-state index contributed by atoms with van der Waals surface area (Å²) in [6.45, 7) is 2.22. The lowest BCUT2D eigenvalue weighted by Crippen LogP contribution is -2.29. The molecule has 2 heterocycles. The average molecular weight is 291 g/mol. The Morgan fingerprint density at radius 2 is 2.12 bits per heavy atom. The highest BCUT2D eigenvalue weighted by atomic mass is 79.9. The highest BCUT2D eigenvalue weighted by molar-refractivity contribution is 9.11. The third kappa shape index (κ3) is 2.00. The highest BCUT2D eigenvalue weighted by Crippen LogP contribution is 2.33. The number of hydrogen-bond donors (Lipinski definition) is 2. The first-order valence-electron chi connectivity index (χ1n) is 5.94. The molecule has 88 valence electrons. The minimum absolute atomic E-state index is 0.483. The number of fused-ring (bicyclic) bond motifs is 1. The van der Waals surface area contributed by atoms with Gasteiger partial charge in [-0.1, -0.05) is 18.2 Å². The molecule has 1 aliphatic heterocycles. The van der Waals surface area contributed by atoms with Gasteiger partial charge in [-0.25, -0.2) is 0 Å². The van der Waals surface area contributed by atoms with E-state index in [9.17, 15) is 0 Å². The van der Waals surface area contributed by atoms with Crippen LogP contribution < -0.4 is 5.32 Å². The van der Waals surface area contributed by atoms with Gasteiger partial charge in [0.25, 0.3) is 0 Å². The van der Waals surface area contributed by atoms with Gasteiger partial charge >= 0.3 is 0 Å². The minimum Gasteiger partial charge on any atom is -0.377 e. The largest absolute Gasteiger partial charge is 0.377 e. The normalized spacial score (nSPS) is 24.5. The standard InChI is InChI=1S/C14H15BrN2/c1-9-6-10(7-14(15)17-9)12-8-16-13-5-3-2-4-11(12)13/h2-5,7-10,16-17H,6H2,1H3. The maximum absolute atomic E-state index is 3.56. The van der Waals surface area contributed by atoms with E-state index in [1.807, 2.05) is 0 Å². The van der Waals surface area contributed by atoms with E-state index in [0.717, 1.165) is 11.0 Å². The summed E-state index contributed by atoms with van der Waals surface area (Å²) in [6, 6.07) is 8.99. The Morgan fingerprint density at radius 1 is 1.29 bits per heavy atom. The van der Waals surface area contributed by atoms with Crippen LogP contribution in [-0.2, 0) is 0 Å². The maximum Gasteiger partial charge on any atom is 0.0747 e. The maximum atomic E-state index is 3.56. The molecule has 2 unspecified atom stereocenters. The van der Waals surface area contributed by atoms with Crippen LogP contribution in [0.4, 0.5) is 0 Å². The van der Waals surface area contributed by atoms with Gasteiger partial charge in [-0.15, -0.1) is 0 Å². The van der Waals surface area contributed by atoms with Crippen molar-refractivity contribution in [2.45, 2.75) is 25.3 Å². The number of aromatic nitrogens is 1. The second-order valence-corrected chi connectivity index (χ2v) is 5.55. The summed E-state index contributed by atoms with van der Waals surface area (Å²) >= 11 is 3.56. The zero-order valence-electron chi connectivity index (χ0n) is 9.70. The van der Waals surface area contributed by atoms with Crippen LogP contribution in [-0.4, -0.2) is 11.0 Å². The summed E-state index contributed by atoms with van der Waals surface area (Å²) in [5.74, 6) is 0.483. The first-order chi connectivity index (χ1) is 8.24. The molecule has 2 atom stereocenters. The van der Waals surface area contributed by atoms with Crippen LogP contribution in [0, 0.1) is 0 Å². The lowest BCUT2D eigenvalue weighted by atomic mass is 9.90. The van der Waals surface area contributed by atoms with Crippen molar-refractivity contribution < 1.29 is 0 Å². The molecule has 3 heteroatoms. The zero-order chi connectivity index (χ0) is 11.8. The molecule has 0 radical (unpaired) electrons. The third-order valence-corrected chi connectivity index (χ3v) is 3.85. The molecule has 0 fully saturated rings. The predicted octanol–water partition coefficient (Wildman–Crippen LogP) is 3.87. The molecule has 2 aromatic rings. The Morgan fingerprint density at radius 3 is 2.94 bits per heavy atom. The Kier molecular flexibility index (Phi) is 2.71. The molecular weight excluding hydrogens is 276 g/mol. The Bertz CT molecular complexity index is 570. The van der Waals surface area contributed by atoms with Crippen LogP contribution in [0.15, 0.2) is 41.1 Å². The van der Waals surface area contributed by atoms with Gasteiger partial charge < -0.3 is 10.3 Å². The first-order valence-corrected chi connectivity index (χ1v) is 6.73. The smallest absolute Gasteiger partial charge is 0.0747 e. The summed E-state index contributed by atoms with van der Waals surface area (Å²) in [4.78, 5) is 3.35. The number of halogens is 1. The van der Waals surface area contributed by atoms with E-state index in [0.29, 0.717) is 12.0 Å². The Labute approximate surface area is 109 Å². The quantitative estimate of drug-likeness (QED) is 0.767. The summed E-state index contributed by atoms with van der Waals surface area (Å²) in [5.41, 5.74) is 2.61. The number of H-pyrrole nitrogens is 1. The van der Waals surface area contributed by atoms with Crippen molar-refractivity contribution in [2.24, 2.45) is 0 Å². The summed E-state index contributed by atoms with van der Waals surface area (Å²) in [6.07, 6.45) is 5.54. The number of allylic oxidation sites excluding steroid dienone is 1. The number of hydrogen-bond acceptors (Lipinski definition) is 1. The van der Waals surface area contributed by atoms with E-state index < -0.39 is 0 Å². The van der Waals surface area contributed by atoms with E-state index in [1.165, 1.54) is 16.5 Å². The molecule has 17 heavy (non-hydrogen) atoms. The highest BCUT2D eigenvalue weighted by Gasteiger charge is 2.21.